The van der Waals surface area contributed by atoms with Crippen molar-refractivity contribution in [2.45, 2.75) is 31.8 Å². The number of carbonyl (C=O) groups is 2. The summed E-state index contributed by atoms with van der Waals surface area (Å²) in [6.07, 6.45) is 2.48. The number of Topliss-reactive ketones (excluding diaryl/α,β-unsaturated/α-hetero) is 1. The zero-order valence-corrected chi connectivity index (χ0v) is 15.9. The second kappa shape index (κ2) is 7.62. The van der Waals surface area contributed by atoms with Crippen LogP contribution in [0.5, 0.6) is 5.75 Å². The number of carbonyl (C=O) groups excluding carboxylic acids is 2. The molecule has 0 radical (unpaired) electrons. The van der Waals surface area contributed by atoms with E-state index in [0.29, 0.717) is 31.1 Å². The Morgan fingerprint density at radius 2 is 1.93 bits per heavy atom. The molecule has 1 fully saturated rings. The fourth-order valence-corrected chi connectivity index (χ4v) is 3.67. The van der Waals surface area contributed by atoms with E-state index in [1.54, 1.807) is 7.11 Å². The van der Waals surface area contributed by atoms with Crippen LogP contribution in [0, 0.1) is 5.82 Å². The summed E-state index contributed by atoms with van der Waals surface area (Å²) in [5.74, 6) is 0.377. The molecule has 5 nitrogen and oxygen atoms in total. The fraction of sp³-hybridized carbons (Fsp3) is 0.364. The molecule has 2 aromatic carbocycles. The number of halogens is 1. The van der Waals surface area contributed by atoms with Crippen molar-refractivity contribution in [1.82, 2.24) is 4.90 Å². The van der Waals surface area contributed by atoms with Crippen molar-refractivity contribution in [2.75, 3.05) is 25.1 Å². The third-order valence-corrected chi connectivity index (χ3v) is 5.37. The molecule has 0 bridgehead atoms. The van der Waals surface area contributed by atoms with Crippen LogP contribution in [0.2, 0.25) is 0 Å². The van der Waals surface area contributed by atoms with Crippen molar-refractivity contribution in [3.63, 3.8) is 0 Å². The van der Waals surface area contributed by atoms with Gasteiger partial charge in [0.1, 0.15) is 11.6 Å². The van der Waals surface area contributed by atoms with Gasteiger partial charge in [0, 0.05) is 36.8 Å². The van der Waals surface area contributed by atoms with Gasteiger partial charge < -0.3 is 14.5 Å². The number of nitrogens with zero attached hydrogens (tertiary/aromatic N) is 2. The number of fused-ring (bicyclic) bond motifs is 1. The number of ether oxygens (including phenoxy) is 1. The molecule has 4 rings (SSSR count). The molecule has 0 spiro atoms. The van der Waals surface area contributed by atoms with Gasteiger partial charge in [0.15, 0.2) is 5.78 Å². The van der Waals surface area contributed by atoms with Crippen molar-refractivity contribution >= 4 is 17.4 Å². The predicted octanol–water partition coefficient (Wildman–Crippen LogP) is 3.42. The molecule has 2 aliphatic rings. The van der Waals surface area contributed by atoms with Gasteiger partial charge in [0.25, 0.3) is 0 Å². The maximum absolute atomic E-state index is 13.2. The molecule has 0 aromatic heterocycles. The number of benzene rings is 2. The summed E-state index contributed by atoms with van der Waals surface area (Å²) >= 11 is 0. The molecule has 28 heavy (non-hydrogen) atoms. The Morgan fingerprint density at radius 3 is 2.61 bits per heavy atom. The average Bonchev–Trinajstić information content (AvgIpc) is 3.53. The third-order valence-electron chi connectivity index (χ3n) is 5.37. The summed E-state index contributed by atoms with van der Waals surface area (Å²) in [6, 6.07) is 11.7. The highest BCUT2D eigenvalue weighted by Gasteiger charge is 2.34. The lowest BCUT2D eigenvalue weighted by atomic mass is 10.1. The van der Waals surface area contributed by atoms with Gasteiger partial charge in [-0.2, -0.15) is 0 Å². The standard InChI is InChI=1S/C22H23FN2O3/c1-28-19-8-9-20-16(12-19)13-25(18-6-7-18)22(27)10-11-24(20)14-21(26)15-2-4-17(23)5-3-15/h2-5,8-9,12,18H,6-7,10-11,13-14H2,1H3. The Kier molecular flexibility index (Phi) is 5.03. The summed E-state index contributed by atoms with van der Waals surface area (Å²) in [5, 5.41) is 0. The second-order valence-corrected chi connectivity index (χ2v) is 7.35. The Balaban J connectivity index is 1.63. The van der Waals surface area contributed by atoms with E-state index in [9.17, 15) is 14.0 Å². The number of methoxy groups -OCH3 is 1. The van der Waals surface area contributed by atoms with Gasteiger partial charge in [-0.05, 0) is 60.9 Å². The molecule has 1 aliphatic carbocycles. The molecule has 6 heteroatoms. The van der Waals surface area contributed by atoms with E-state index < -0.39 is 0 Å². The summed E-state index contributed by atoms with van der Waals surface area (Å²) < 4.78 is 18.5. The van der Waals surface area contributed by atoms with Crippen molar-refractivity contribution < 1.29 is 18.7 Å². The van der Waals surface area contributed by atoms with Crippen LogP contribution in [0.4, 0.5) is 10.1 Å². The molecular formula is C22H23FN2O3. The first kappa shape index (κ1) is 18.5. The highest BCUT2D eigenvalue weighted by Crippen LogP contribution is 2.34. The maximum Gasteiger partial charge on any atom is 0.224 e. The number of rotatable bonds is 5. The van der Waals surface area contributed by atoms with Crippen LogP contribution < -0.4 is 9.64 Å². The molecule has 1 amide bonds. The average molecular weight is 382 g/mol. The van der Waals surface area contributed by atoms with E-state index >= 15 is 0 Å². The van der Waals surface area contributed by atoms with Crippen LogP contribution in [0.15, 0.2) is 42.5 Å². The number of ketones is 1. The summed E-state index contributed by atoms with van der Waals surface area (Å²) in [7, 11) is 1.62. The molecule has 0 saturated heterocycles. The molecule has 0 unspecified atom stereocenters. The molecule has 1 aliphatic heterocycles. The molecule has 1 saturated carbocycles. The highest BCUT2D eigenvalue weighted by atomic mass is 19.1. The maximum atomic E-state index is 13.2. The predicted molar refractivity (Wildman–Crippen MR) is 104 cm³/mol. The van der Waals surface area contributed by atoms with E-state index in [1.807, 2.05) is 28.0 Å². The van der Waals surface area contributed by atoms with Crippen molar-refractivity contribution in [3.05, 3.63) is 59.4 Å². The number of amides is 1. The SMILES string of the molecule is COc1ccc2c(c1)CN(C1CC1)C(=O)CCN2CC(=O)c1ccc(F)cc1. The third kappa shape index (κ3) is 3.86. The largest absolute Gasteiger partial charge is 0.497 e. The lowest BCUT2D eigenvalue weighted by Gasteiger charge is -2.33. The Labute approximate surface area is 163 Å². The molecule has 1 heterocycles. The Morgan fingerprint density at radius 1 is 1.18 bits per heavy atom. The van der Waals surface area contributed by atoms with Crippen molar-refractivity contribution in [2.24, 2.45) is 0 Å². The number of anilines is 1. The van der Waals surface area contributed by atoms with Gasteiger partial charge in [-0.1, -0.05) is 0 Å². The molecule has 0 N–H and O–H groups in total. The number of hydrogen-bond donors (Lipinski definition) is 0. The molecule has 2 aromatic rings. The minimum atomic E-state index is -0.369. The topological polar surface area (TPSA) is 49.9 Å². The van der Waals surface area contributed by atoms with Crippen LogP contribution in [0.1, 0.15) is 35.2 Å². The van der Waals surface area contributed by atoms with E-state index in [4.69, 9.17) is 4.74 Å². The minimum Gasteiger partial charge on any atom is -0.497 e. The lowest BCUT2D eigenvalue weighted by Crippen LogP contribution is -2.40. The smallest absolute Gasteiger partial charge is 0.224 e. The second-order valence-electron chi connectivity index (χ2n) is 7.35. The van der Waals surface area contributed by atoms with Crippen molar-refractivity contribution in [3.8, 4) is 5.75 Å². The van der Waals surface area contributed by atoms with E-state index in [-0.39, 0.29) is 24.1 Å². The lowest BCUT2D eigenvalue weighted by molar-refractivity contribution is -0.132. The van der Waals surface area contributed by atoms with Crippen LogP contribution in [0.3, 0.4) is 0 Å². The minimum absolute atomic E-state index is 0.103. The highest BCUT2D eigenvalue weighted by molar-refractivity contribution is 5.99. The van der Waals surface area contributed by atoms with E-state index in [0.717, 1.165) is 29.8 Å². The number of hydrogen-bond acceptors (Lipinski definition) is 4. The fourth-order valence-electron chi connectivity index (χ4n) is 3.67. The van der Waals surface area contributed by atoms with Gasteiger partial charge in [-0.25, -0.2) is 4.39 Å². The molecule has 146 valence electrons. The Hall–Kier alpha value is -2.89. The zero-order chi connectivity index (χ0) is 19.7. The van der Waals surface area contributed by atoms with Crippen LogP contribution in [-0.2, 0) is 11.3 Å². The normalized spacial score (nSPS) is 17.0. The first-order chi connectivity index (χ1) is 13.5. The van der Waals surface area contributed by atoms with Gasteiger partial charge in [-0.15, -0.1) is 0 Å². The van der Waals surface area contributed by atoms with Gasteiger partial charge in [0.2, 0.25) is 5.91 Å². The summed E-state index contributed by atoms with van der Waals surface area (Å²) in [4.78, 5) is 29.3. The molecular weight excluding hydrogens is 359 g/mol. The quantitative estimate of drug-likeness (QED) is 0.744. The summed E-state index contributed by atoms with van der Waals surface area (Å²) in [6.45, 7) is 1.13. The molecule has 0 atom stereocenters. The van der Waals surface area contributed by atoms with Crippen LogP contribution >= 0.6 is 0 Å². The van der Waals surface area contributed by atoms with Gasteiger partial charge in [0.05, 0.1) is 13.7 Å². The Bertz CT molecular complexity index is 893. The van der Waals surface area contributed by atoms with Gasteiger partial charge in [-0.3, -0.25) is 9.59 Å². The summed E-state index contributed by atoms with van der Waals surface area (Å²) in [5.41, 5.74) is 2.38. The van der Waals surface area contributed by atoms with Crippen LogP contribution in [0.25, 0.3) is 0 Å². The van der Waals surface area contributed by atoms with Crippen molar-refractivity contribution in [1.29, 1.82) is 0 Å². The van der Waals surface area contributed by atoms with Gasteiger partial charge >= 0.3 is 0 Å². The first-order valence-electron chi connectivity index (χ1n) is 9.55. The van der Waals surface area contributed by atoms with E-state index in [1.165, 1.54) is 24.3 Å². The van der Waals surface area contributed by atoms with E-state index in [2.05, 4.69) is 0 Å². The monoisotopic (exact) mass is 382 g/mol. The first-order valence-corrected chi connectivity index (χ1v) is 9.55. The zero-order valence-electron chi connectivity index (χ0n) is 15.9. The van der Waals surface area contributed by atoms with Crippen LogP contribution in [-0.4, -0.2) is 42.8 Å².